The molecule has 20 heavy (non-hydrogen) atoms. The smallest absolute Gasteiger partial charge is 0.0340 e. The van der Waals surface area contributed by atoms with Gasteiger partial charge in [0.25, 0.3) is 0 Å². The van der Waals surface area contributed by atoms with Gasteiger partial charge in [0.1, 0.15) is 0 Å². The van der Waals surface area contributed by atoms with Crippen LogP contribution in [0.2, 0.25) is 0 Å². The first-order valence-corrected chi connectivity index (χ1v) is 7.69. The predicted octanol–water partition coefficient (Wildman–Crippen LogP) is 5.05. The summed E-state index contributed by atoms with van der Waals surface area (Å²) < 4.78 is 0. The number of anilines is 1. The number of hydrogen-bond donors (Lipinski definition) is 1. The van der Waals surface area contributed by atoms with Crippen LogP contribution in [0.25, 0.3) is 0 Å². The van der Waals surface area contributed by atoms with Crippen LogP contribution in [0.5, 0.6) is 0 Å². The van der Waals surface area contributed by atoms with E-state index in [1.165, 1.54) is 42.5 Å². The van der Waals surface area contributed by atoms with Gasteiger partial charge in [0.05, 0.1) is 0 Å². The van der Waals surface area contributed by atoms with Crippen LogP contribution in [-0.2, 0) is 0 Å². The summed E-state index contributed by atoms with van der Waals surface area (Å²) in [7, 11) is 1.99. The van der Waals surface area contributed by atoms with Crippen LogP contribution in [0, 0.1) is 5.92 Å². The number of hydrogen-bond acceptors (Lipinski definition) is 1. The van der Waals surface area contributed by atoms with E-state index >= 15 is 0 Å². The Kier molecular flexibility index (Phi) is 4.05. The van der Waals surface area contributed by atoms with Crippen molar-refractivity contribution in [2.45, 2.75) is 31.6 Å². The van der Waals surface area contributed by atoms with Gasteiger partial charge in [-0.15, -0.1) is 0 Å². The maximum atomic E-state index is 3.25. The molecule has 0 radical (unpaired) electrons. The van der Waals surface area contributed by atoms with Crippen LogP contribution in [0.1, 0.15) is 42.7 Å². The van der Waals surface area contributed by atoms with E-state index in [4.69, 9.17) is 0 Å². The summed E-state index contributed by atoms with van der Waals surface area (Å²) in [5.74, 6) is 1.53. The third kappa shape index (κ3) is 3.22. The molecule has 0 aliphatic heterocycles. The Morgan fingerprint density at radius 1 is 1.00 bits per heavy atom. The minimum Gasteiger partial charge on any atom is -0.388 e. The summed E-state index contributed by atoms with van der Waals surface area (Å²) in [6.45, 7) is 0. The molecule has 104 valence electrons. The van der Waals surface area contributed by atoms with Crippen molar-refractivity contribution in [3.63, 3.8) is 0 Å². The minimum atomic E-state index is 0.532. The van der Waals surface area contributed by atoms with E-state index in [1.54, 1.807) is 0 Å². The van der Waals surface area contributed by atoms with Crippen molar-refractivity contribution in [2.24, 2.45) is 5.92 Å². The highest BCUT2D eigenvalue weighted by atomic mass is 14.8. The van der Waals surface area contributed by atoms with Gasteiger partial charge in [0.2, 0.25) is 0 Å². The molecule has 0 heterocycles. The summed E-state index contributed by atoms with van der Waals surface area (Å²) in [6.07, 6.45) is 5.52. The lowest BCUT2D eigenvalue weighted by Crippen LogP contribution is -2.02. The molecule has 1 saturated carbocycles. The SMILES string of the molecule is CNc1cccc(C(CCC2CC2)c2ccccc2)c1. The Balaban J connectivity index is 1.86. The first-order valence-electron chi connectivity index (χ1n) is 7.69. The number of nitrogens with one attached hydrogen (secondary N) is 1. The van der Waals surface area contributed by atoms with Gasteiger partial charge in [-0.25, -0.2) is 0 Å². The van der Waals surface area contributed by atoms with Crippen LogP contribution in [-0.4, -0.2) is 7.05 Å². The van der Waals surface area contributed by atoms with Crippen molar-refractivity contribution in [3.05, 3.63) is 65.7 Å². The van der Waals surface area contributed by atoms with E-state index in [2.05, 4.69) is 59.9 Å². The maximum absolute atomic E-state index is 3.25. The molecule has 1 nitrogen and oxygen atoms in total. The molecule has 1 atom stereocenters. The van der Waals surface area contributed by atoms with Crippen LogP contribution in [0.15, 0.2) is 54.6 Å². The van der Waals surface area contributed by atoms with Gasteiger partial charge in [-0.1, -0.05) is 55.3 Å². The van der Waals surface area contributed by atoms with Crippen LogP contribution in [0.3, 0.4) is 0 Å². The third-order valence-corrected chi connectivity index (χ3v) is 4.34. The molecule has 2 aromatic carbocycles. The molecule has 0 amide bonds. The Hall–Kier alpha value is -1.76. The quantitative estimate of drug-likeness (QED) is 0.770. The summed E-state index contributed by atoms with van der Waals surface area (Å²) in [6, 6.07) is 19.8. The molecule has 1 fully saturated rings. The van der Waals surface area contributed by atoms with Crippen molar-refractivity contribution in [1.29, 1.82) is 0 Å². The molecule has 0 saturated heterocycles. The van der Waals surface area contributed by atoms with Crippen molar-refractivity contribution in [2.75, 3.05) is 12.4 Å². The second kappa shape index (κ2) is 6.13. The fraction of sp³-hybridized carbons (Fsp3) is 0.368. The lowest BCUT2D eigenvalue weighted by atomic mass is 9.86. The van der Waals surface area contributed by atoms with E-state index in [0.717, 1.165) is 5.92 Å². The van der Waals surface area contributed by atoms with Gasteiger partial charge in [-0.05, 0) is 42.0 Å². The normalized spacial score (nSPS) is 15.8. The molecule has 3 rings (SSSR count). The highest BCUT2D eigenvalue weighted by Crippen LogP contribution is 2.38. The highest BCUT2D eigenvalue weighted by molar-refractivity contribution is 5.47. The summed E-state index contributed by atoms with van der Waals surface area (Å²) in [4.78, 5) is 0. The second-order valence-electron chi connectivity index (χ2n) is 5.86. The monoisotopic (exact) mass is 265 g/mol. The molecule has 0 spiro atoms. The number of rotatable bonds is 6. The van der Waals surface area contributed by atoms with E-state index in [-0.39, 0.29) is 0 Å². The van der Waals surface area contributed by atoms with E-state index < -0.39 is 0 Å². The predicted molar refractivity (Wildman–Crippen MR) is 86.2 cm³/mol. The molecule has 0 aromatic heterocycles. The van der Waals surface area contributed by atoms with Gasteiger partial charge in [-0.2, -0.15) is 0 Å². The van der Waals surface area contributed by atoms with Crippen molar-refractivity contribution in [3.8, 4) is 0 Å². The van der Waals surface area contributed by atoms with Crippen LogP contribution in [0.4, 0.5) is 5.69 Å². The van der Waals surface area contributed by atoms with Gasteiger partial charge < -0.3 is 5.32 Å². The fourth-order valence-electron chi connectivity index (χ4n) is 2.93. The molecular formula is C19H23N. The molecule has 1 aliphatic carbocycles. The van der Waals surface area contributed by atoms with Crippen LogP contribution >= 0.6 is 0 Å². The zero-order valence-corrected chi connectivity index (χ0v) is 12.2. The van der Waals surface area contributed by atoms with Gasteiger partial charge in [-0.3, -0.25) is 0 Å². The average molecular weight is 265 g/mol. The summed E-state index contributed by atoms with van der Waals surface area (Å²) in [5.41, 5.74) is 4.08. The van der Waals surface area contributed by atoms with Gasteiger partial charge in [0.15, 0.2) is 0 Å². The van der Waals surface area contributed by atoms with Crippen LogP contribution < -0.4 is 5.32 Å². The molecule has 0 bridgehead atoms. The topological polar surface area (TPSA) is 12.0 Å². The Morgan fingerprint density at radius 3 is 2.45 bits per heavy atom. The zero-order chi connectivity index (χ0) is 13.8. The highest BCUT2D eigenvalue weighted by Gasteiger charge is 2.23. The number of benzene rings is 2. The molecule has 2 aromatic rings. The summed E-state index contributed by atoms with van der Waals surface area (Å²) >= 11 is 0. The first-order chi connectivity index (χ1) is 9.86. The fourth-order valence-corrected chi connectivity index (χ4v) is 2.93. The van der Waals surface area contributed by atoms with Crippen molar-refractivity contribution < 1.29 is 0 Å². The standard InChI is InChI=1S/C19H23N/c1-20-18-9-5-8-17(14-18)19(13-12-15-10-11-15)16-6-3-2-4-7-16/h2-9,14-15,19-20H,10-13H2,1H3. The molecule has 1 N–H and O–H groups in total. The van der Waals surface area contributed by atoms with E-state index in [0.29, 0.717) is 5.92 Å². The van der Waals surface area contributed by atoms with Crippen molar-refractivity contribution in [1.82, 2.24) is 0 Å². The van der Waals surface area contributed by atoms with Crippen molar-refractivity contribution >= 4 is 5.69 Å². The molecular weight excluding hydrogens is 242 g/mol. The first kappa shape index (κ1) is 13.2. The zero-order valence-electron chi connectivity index (χ0n) is 12.2. The third-order valence-electron chi connectivity index (χ3n) is 4.34. The Labute approximate surface area is 122 Å². The Morgan fingerprint density at radius 2 is 1.75 bits per heavy atom. The average Bonchev–Trinajstić information content (AvgIpc) is 3.33. The molecule has 1 unspecified atom stereocenters. The van der Waals surface area contributed by atoms with E-state index in [9.17, 15) is 0 Å². The maximum Gasteiger partial charge on any atom is 0.0340 e. The second-order valence-corrected chi connectivity index (χ2v) is 5.86. The molecule has 1 aliphatic rings. The Bertz CT molecular complexity index is 543. The lowest BCUT2D eigenvalue weighted by Gasteiger charge is -2.19. The van der Waals surface area contributed by atoms with Gasteiger partial charge >= 0.3 is 0 Å². The largest absolute Gasteiger partial charge is 0.388 e. The summed E-state index contributed by atoms with van der Waals surface area (Å²) in [5, 5.41) is 3.25. The molecule has 1 heteroatoms. The van der Waals surface area contributed by atoms with Gasteiger partial charge in [0, 0.05) is 18.7 Å². The minimum absolute atomic E-state index is 0.532. The van der Waals surface area contributed by atoms with E-state index in [1.807, 2.05) is 7.05 Å². The lowest BCUT2D eigenvalue weighted by molar-refractivity contribution is 0.614.